The van der Waals surface area contributed by atoms with E-state index in [1.165, 1.54) is 13.2 Å². The quantitative estimate of drug-likeness (QED) is 0.674. The van der Waals surface area contributed by atoms with Gasteiger partial charge in [-0.05, 0) is 56.0 Å². The van der Waals surface area contributed by atoms with Gasteiger partial charge < -0.3 is 24.8 Å². The molecule has 166 valence electrons. The molecule has 1 atom stereocenters. The molecule has 1 aliphatic rings. The van der Waals surface area contributed by atoms with E-state index >= 15 is 0 Å². The summed E-state index contributed by atoms with van der Waals surface area (Å²) in [5, 5.41) is 12.5. The van der Waals surface area contributed by atoms with Crippen molar-refractivity contribution >= 4 is 29.1 Å². The van der Waals surface area contributed by atoms with Gasteiger partial charge in [-0.3, -0.25) is 9.59 Å². The molecule has 0 aliphatic carbocycles. The lowest BCUT2D eigenvalue weighted by Crippen LogP contribution is -2.40. The number of methoxy groups -OCH3 is 1. The molecule has 0 saturated carbocycles. The number of carbonyl (C=O) groups is 2. The fraction of sp³-hybridized carbons (Fsp3) is 0.391. The molecule has 1 unspecified atom stereocenters. The lowest BCUT2D eigenvalue weighted by molar-refractivity contribution is 0.0620. The van der Waals surface area contributed by atoms with Crippen LogP contribution < -0.4 is 14.8 Å². The molecule has 2 amide bonds. The zero-order valence-electron chi connectivity index (χ0n) is 17.7. The van der Waals surface area contributed by atoms with Crippen LogP contribution in [0.2, 0.25) is 5.02 Å². The Kier molecular flexibility index (Phi) is 7.76. The summed E-state index contributed by atoms with van der Waals surface area (Å²) in [6, 6.07) is 9.89. The lowest BCUT2D eigenvalue weighted by atomic mass is 9.98. The van der Waals surface area contributed by atoms with Crippen LogP contribution in [-0.2, 0) is 0 Å². The van der Waals surface area contributed by atoms with Crippen molar-refractivity contribution in [1.29, 1.82) is 0 Å². The summed E-state index contributed by atoms with van der Waals surface area (Å²) in [5.41, 5.74) is 1.29. The summed E-state index contributed by atoms with van der Waals surface area (Å²) in [6.45, 7) is 3.53. The van der Waals surface area contributed by atoms with Crippen LogP contribution in [0.15, 0.2) is 36.4 Å². The molecule has 2 aromatic rings. The van der Waals surface area contributed by atoms with Gasteiger partial charge in [0.05, 0.1) is 18.7 Å². The highest BCUT2D eigenvalue weighted by Gasteiger charge is 2.24. The number of ether oxygens (including phenoxy) is 2. The third-order valence-corrected chi connectivity index (χ3v) is 5.49. The smallest absolute Gasteiger partial charge is 0.255 e. The number of anilines is 1. The zero-order chi connectivity index (χ0) is 22.4. The van der Waals surface area contributed by atoms with E-state index in [-0.39, 0.29) is 29.4 Å². The van der Waals surface area contributed by atoms with Crippen LogP contribution in [0.25, 0.3) is 0 Å². The number of likely N-dealkylation sites (tertiary alicyclic amines) is 1. The molecule has 7 nitrogen and oxygen atoms in total. The van der Waals surface area contributed by atoms with Crippen molar-refractivity contribution in [1.82, 2.24) is 4.90 Å². The number of amides is 2. The maximum atomic E-state index is 12.9. The zero-order valence-corrected chi connectivity index (χ0v) is 18.4. The van der Waals surface area contributed by atoms with Crippen LogP contribution in [0.5, 0.6) is 11.5 Å². The second kappa shape index (κ2) is 10.5. The molecule has 1 fully saturated rings. The fourth-order valence-electron chi connectivity index (χ4n) is 3.65. The molecule has 0 bridgehead atoms. The van der Waals surface area contributed by atoms with Crippen LogP contribution in [0, 0.1) is 5.92 Å². The van der Waals surface area contributed by atoms with Crippen molar-refractivity contribution in [3.8, 4) is 11.5 Å². The predicted octanol–water partition coefficient (Wildman–Crippen LogP) is 3.84. The monoisotopic (exact) mass is 446 g/mol. The van der Waals surface area contributed by atoms with Gasteiger partial charge in [-0.1, -0.05) is 17.7 Å². The van der Waals surface area contributed by atoms with Gasteiger partial charge >= 0.3 is 0 Å². The summed E-state index contributed by atoms with van der Waals surface area (Å²) in [7, 11) is 1.48. The minimum atomic E-state index is -0.383. The highest BCUT2D eigenvalue weighted by molar-refractivity contribution is 6.32. The molecular formula is C23H27ClN2O5. The van der Waals surface area contributed by atoms with E-state index < -0.39 is 0 Å². The molecule has 0 spiro atoms. The minimum Gasteiger partial charge on any atom is -0.493 e. The Labute approximate surface area is 186 Å². The Bertz CT molecular complexity index is 950. The van der Waals surface area contributed by atoms with E-state index in [0.717, 1.165) is 12.8 Å². The molecular weight excluding hydrogens is 420 g/mol. The number of aliphatic hydroxyl groups excluding tert-OH is 1. The van der Waals surface area contributed by atoms with Gasteiger partial charge in [0.15, 0.2) is 11.5 Å². The summed E-state index contributed by atoms with van der Waals surface area (Å²) in [4.78, 5) is 27.4. The number of carbonyl (C=O) groups excluding carboxylic acids is 2. The number of piperidine rings is 1. The maximum absolute atomic E-state index is 12.9. The summed E-state index contributed by atoms with van der Waals surface area (Å²) in [5.74, 6) is 0.372. The first-order valence-electron chi connectivity index (χ1n) is 10.3. The molecule has 0 radical (unpaired) electrons. The highest BCUT2D eigenvalue weighted by Crippen LogP contribution is 2.36. The first-order chi connectivity index (χ1) is 15.0. The van der Waals surface area contributed by atoms with Crippen LogP contribution in [0.1, 0.15) is 40.5 Å². The van der Waals surface area contributed by atoms with Crippen LogP contribution in [-0.4, -0.2) is 55.2 Å². The topological polar surface area (TPSA) is 88.1 Å². The van der Waals surface area contributed by atoms with Crippen molar-refractivity contribution in [2.45, 2.75) is 19.8 Å². The van der Waals surface area contributed by atoms with Gasteiger partial charge in [0.1, 0.15) is 0 Å². The van der Waals surface area contributed by atoms with Crippen LogP contribution in [0.3, 0.4) is 0 Å². The standard InChI is InChI=1S/C23H27ClN2O5/c1-3-31-21-19(24)11-17(12-20(21)30-2)22(28)25-18-8-4-7-16(10-18)23(29)26-9-5-6-15(13-26)14-27/h4,7-8,10-12,15,27H,3,5-6,9,13-14H2,1-2H3,(H,25,28). The van der Waals surface area contributed by atoms with E-state index in [4.69, 9.17) is 21.1 Å². The van der Waals surface area contributed by atoms with Crippen LogP contribution >= 0.6 is 11.6 Å². The summed E-state index contributed by atoms with van der Waals surface area (Å²) < 4.78 is 10.8. The van der Waals surface area contributed by atoms with Crippen molar-refractivity contribution in [3.05, 3.63) is 52.5 Å². The Morgan fingerprint density at radius 1 is 1.26 bits per heavy atom. The molecule has 1 saturated heterocycles. The first-order valence-corrected chi connectivity index (χ1v) is 10.7. The largest absolute Gasteiger partial charge is 0.493 e. The van der Waals surface area contributed by atoms with Gasteiger partial charge in [-0.2, -0.15) is 0 Å². The number of nitrogens with one attached hydrogen (secondary N) is 1. The van der Waals surface area contributed by atoms with Crippen molar-refractivity contribution in [2.24, 2.45) is 5.92 Å². The molecule has 1 aliphatic heterocycles. The van der Waals surface area contributed by atoms with E-state index in [9.17, 15) is 14.7 Å². The van der Waals surface area contributed by atoms with Gasteiger partial charge in [-0.15, -0.1) is 0 Å². The third kappa shape index (κ3) is 5.48. The normalized spacial score (nSPS) is 16.0. The molecule has 8 heteroatoms. The first kappa shape index (κ1) is 22.9. The highest BCUT2D eigenvalue weighted by atomic mass is 35.5. The Morgan fingerprint density at radius 3 is 2.77 bits per heavy atom. The lowest BCUT2D eigenvalue weighted by Gasteiger charge is -2.32. The van der Waals surface area contributed by atoms with Gasteiger partial charge in [0.2, 0.25) is 0 Å². The third-order valence-electron chi connectivity index (χ3n) is 5.21. The van der Waals surface area contributed by atoms with E-state index in [0.29, 0.717) is 48.0 Å². The summed E-state index contributed by atoms with van der Waals surface area (Å²) >= 11 is 6.26. The molecule has 1 heterocycles. The average Bonchev–Trinajstić information content (AvgIpc) is 2.79. The van der Waals surface area contributed by atoms with Gasteiger partial charge in [0.25, 0.3) is 11.8 Å². The minimum absolute atomic E-state index is 0.0774. The maximum Gasteiger partial charge on any atom is 0.255 e. The van der Waals surface area contributed by atoms with Gasteiger partial charge in [0, 0.05) is 36.5 Å². The number of halogens is 1. The molecule has 31 heavy (non-hydrogen) atoms. The van der Waals surface area contributed by atoms with E-state index in [1.807, 2.05) is 6.92 Å². The summed E-state index contributed by atoms with van der Waals surface area (Å²) in [6.07, 6.45) is 1.79. The number of benzene rings is 2. The average molecular weight is 447 g/mol. The number of nitrogens with zero attached hydrogens (tertiary/aromatic N) is 1. The van der Waals surface area contributed by atoms with Crippen LogP contribution in [0.4, 0.5) is 5.69 Å². The molecule has 2 N–H and O–H groups in total. The predicted molar refractivity (Wildman–Crippen MR) is 119 cm³/mol. The number of rotatable bonds is 7. The van der Waals surface area contributed by atoms with Crippen molar-refractivity contribution in [3.63, 3.8) is 0 Å². The molecule has 0 aromatic heterocycles. The van der Waals surface area contributed by atoms with Crippen molar-refractivity contribution < 1.29 is 24.2 Å². The number of aliphatic hydroxyl groups is 1. The van der Waals surface area contributed by atoms with Gasteiger partial charge in [-0.25, -0.2) is 0 Å². The van der Waals surface area contributed by atoms with E-state index in [2.05, 4.69) is 5.32 Å². The molecule has 3 rings (SSSR count). The second-order valence-electron chi connectivity index (χ2n) is 7.40. The number of hydrogen-bond acceptors (Lipinski definition) is 5. The Morgan fingerprint density at radius 2 is 2.06 bits per heavy atom. The van der Waals surface area contributed by atoms with Crippen molar-refractivity contribution in [2.75, 3.05) is 38.7 Å². The Hall–Kier alpha value is -2.77. The fourth-order valence-corrected chi connectivity index (χ4v) is 3.91. The molecule has 2 aromatic carbocycles. The second-order valence-corrected chi connectivity index (χ2v) is 7.81. The Balaban J connectivity index is 1.75. The van der Waals surface area contributed by atoms with E-state index in [1.54, 1.807) is 35.2 Å². The SMILES string of the molecule is CCOc1c(Cl)cc(C(=O)Nc2cccc(C(=O)N3CCCC(CO)C3)c2)cc1OC. The number of hydrogen-bond donors (Lipinski definition) is 2.